The quantitative estimate of drug-likeness (QED) is 0.880. The molecule has 104 valence electrons. The highest BCUT2D eigenvalue weighted by Gasteiger charge is 2.15. The first-order chi connectivity index (χ1) is 9.47. The molecule has 0 saturated heterocycles. The third-order valence-corrected chi connectivity index (χ3v) is 4.32. The molecule has 0 heterocycles. The van der Waals surface area contributed by atoms with Crippen molar-refractivity contribution in [2.24, 2.45) is 0 Å². The zero-order chi connectivity index (χ0) is 14.7. The van der Waals surface area contributed by atoms with Gasteiger partial charge in [0.25, 0.3) is 0 Å². The summed E-state index contributed by atoms with van der Waals surface area (Å²) in [5, 5.41) is 9.71. The van der Waals surface area contributed by atoms with Gasteiger partial charge < -0.3 is 5.11 Å². The zero-order valence-corrected chi connectivity index (χ0v) is 12.2. The molecule has 0 fully saturated rings. The molecule has 2 aromatic rings. The van der Waals surface area contributed by atoms with Crippen molar-refractivity contribution in [1.29, 1.82) is 0 Å². The average molecular weight is 288 g/mol. The zero-order valence-electron chi connectivity index (χ0n) is 11.4. The molecule has 0 saturated carbocycles. The van der Waals surface area contributed by atoms with Gasteiger partial charge in [0, 0.05) is 4.90 Å². The first kappa shape index (κ1) is 14.5. The Balaban J connectivity index is 2.17. The number of Topliss-reactive ketones (excluding diaryl/α,β-unsaturated/α-hetero) is 1. The Bertz CT molecular complexity index is 660. The van der Waals surface area contributed by atoms with Crippen LogP contribution in [0.1, 0.15) is 21.5 Å². The van der Waals surface area contributed by atoms with Crippen LogP contribution in [-0.4, -0.2) is 20.9 Å². The molecule has 0 amide bonds. The molecular formula is C16H16O3S. The van der Waals surface area contributed by atoms with Gasteiger partial charge in [0.1, 0.15) is 5.75 Å². The van der Waals surface area contributed by atoms with Gasteiger partial charge in [-0.25, -0.2) is 0 Å². The first-order valence-electron chi connectivity index (χ1n) is 6.25. The van der Waals surface area contributed by atoms with Crippen LogP contribution < -0.4 is 0 Å². The highest BCUT2D eigenvalue weighted by atomic mass is 32.2. The van der Waals surface area contributed by atoms with Gasteiger partial charge in [-0.15, -0.1) is 0 Å². The predicted molar refractivity (Wildman–Crippen MR) is 79.6 cm³/mol. The van der Waals surface area contributed by atoms with Crippen LogP contribution in [0.2, 0.25) is 0 Å². The molecule has 0 aliphatic heterocycles. The normalized spacial score (nSPS) is 12.1. The Hall–Kier alpha value is -1.94. The second-order valence-electron chi connectivity index (χ2n) is 4.75. The smallest absolute Gasteiger partial charge is 0.179 e. The van der Waals surface area contributed by atoms with Crippen LogP contribution in [0.5, 0.6) is 5.75 Å². The van der Waals surface area contributed by atoms with Gasteiger partial charge in [0.2, 0.25) is 0 Å². The molecule has 0 aliphatic carbocycles. The predicted octanol–water partition coefficient (Wildman–Crippen LogP) is 3.00. The van der Waals surface area contributed by atoms with Crippen molar-refractivity contribution in [2.45, 2.75) is 18.7 Å². The molecule has 0 aliphatic rings. The minimum Gasteiger partial charge on any atom is -0.507 e. The minimum atomic E-state index is -1.40. The summed E-state index contributed by atoms with van der Waals surface area (Å²) in [7, 11) is -1.40. The molecule has 4 heteroatoms. The van der Waals surface area contributed by atoms with E-state index in [2.05, 4.69) is 0 Å². The van der Waals surface area contributed by atoms with Crippen molar-refractivity contribution in [1.82, 2.24) is 0 Å². The molecule has 3 nitrogen and oxygen atoms in total. The molecule has 0 bridgehead atoms. The van der Waals surface area contributed by atoms with E-state index in [1.807, 2.05) is 26.0 Å². The summed E-state index contributed by atoms with van der Waals surface area (Å²) >= 11 is 0. The Kier molecular flexibility index (Phi) is 4.35. The number of rotatable bonds is 4. The molecule has 0 spiro atoms. The number of hydrogen-bond acceptors (Lipinski definition) is 3. The van der Waals surface area contributed by atoms with Gasteiger partial charge in [-0.3, -0.25) is 9.00 Å². The molecule has 0 unspecified atom stereocenters. The van der Waals surface area contributed by atoms with Gasteiger partial charge in [-0.05, 0) is 38.1 Å². The lowest BCUT2D eigenvalue weighted by Gasteiger charge is -2.06. The maximum atomic E-state index is 12.1. The third kappa shape index (κ3) is 3.33. The van der Waals surface area contributed by atoms with Crippen LogP contribution in [0.15, 0.2) is 47.4 Å². The van der Waals surface area contributed by atoms with Crippen molar-refractivity contribution in [3.8, 4) is 5.75 Å². The highest BCUT2D eigenvalue weighted by Crippen LogP contribution is 2.20. The molecule has 1 N–H and O–H groups in total. The number of benzene rings is 2. The highest BCUT2D eigenvalue weighted by molar-refractivity contribution is 7.85. The van der Waals surface area contributed by atoms with Gasteiger partial charge in [-0.1, -0.05) is 29.3 Å². The second kappa shape index (κ2) is 6.01. The lowest BCUT2D eigenvalue weighted by Crippen LogP contribution is -2.11. The minimum absolute atomic E-state index is 0.0680. The van der Waals surface area contributed by atoms with E-state index < -0.39 is 10.8 Å². The second-order valence-corrected chi connectivity index (χ2v) is 6.20. The maximum absolute atomic E-state index is 12.1. The van der Waals surface area contributed by atoms with Crippen molar-refractivity contribution in [3.63, 3.8) is 0 Å². The molecule has 1 atom stereocenters. The Morgan fingerprint density at radius 3 is 2.30 bits per heavy atom. The number of aryl methyl sites for hydroxylation is 2. The van der Waals surface area contributed by atoms with Gasteiger partial charge in [0.15, 0.2) is 5.78 Å². The van der Waals surface area contributed by atoms with Crippen molar-refractivity contribution < 1.29 is 14.1 Å². The van der Waals surface area contributed by atoms with Crippen LogP contribution >= 0.6 is 0 Å². The van der Waals surface area contributed by atoms with E-state index >= 15 is 0 Å². The summed E-state index contributed by atoms with van der Waals surface area (Å²) in [6.07, 6.45) is 0. The van der Waals surface area contributed by atoms with E-state index in [1.54, 1.807) is 24.3 Å². The van der Waals surface area contributed by atoms with Gasteiger partial charge in [0.05, 0.1) is 22.1 Å². The molecule has 0 radical (unpaired) electrons. The number of phenols is 1. The summed E-state index contributed by atoms with van der Waals surface area (Å²) in [5.74, 6) is -0.508. The number of aromatic hydroxyl groups is 1. The number of ketones is 1. The average Bonchev–Trinajstić information content (AvgIpc) is 2.42. The number of phenolic OH excluding ortho intramolecular Hbond substituents is 1. The fraction of sp³-hybridized carbons (Fsp3) is 0.188. The third-order valence-electron chi connectivity index (χ3n) is 3.00. The lowest BCUT2D eigenvalue weighted by molar-refractivity contribution is 0.101. The van der Waals surface area contributed by atoms with Gasteiger partial charge >= 0.3 is 0 Å². The van der Waals surface area contributed by atoms with E-state index in [0.29, 0.717) is 4.90 Å². The van der Waals surface area contributed by atoms with Crippen LogP contribution in [0.3, 0.4) is 0 Å². The SMILES string of the molecule is Cc1ccc([S@](=O)CC(=O)c2cc(C)ccc2O)cc1. The van der Waals surface area contributed by atoms with Crippen LogP contribution in [0, 0.1) is 13.8 Å². The summed E-state index contributed by atoms with van der Waals surface area (Å²) in [5.41, 5.74) is 2.19. The topological polar surface area (TPSA) is 54.4 Å². The summed E-state index contributed by atoms with van der Waals surface area (Å²) in [4.78, 5) is 12.7. The van der Waals surface area contributed by atoms with Crippen molar-refractivity contribution in [2.75, 3.05) is 5.75 Å². The molecule has 20 heavy (non-hydrogen) atoms. The van der Waals surface area contributed by atoms with Crippen LogP contribution in [0.25, 0.3) is 0 Å². The fourth-order valence-corrected chi connectivity index (χ4v) is 2.84. The first-order valence-corrected chi connectivity index (χ1v) is 7.57. The number of hydrogen-bond donors (Lipinski definition) is 1. The number of carbonyl (C=O) groups excluding carboxylic acids is 1. The van der Waals surface area contributed by atoms with E-state index in [0.717, 1.165) is 11.1 Å². The van der Waals surface area contributed by atoms with Crippen molar-refractivity contribution >= 4 is 16.6 Å². The fourth-order valence-electron chi connectivity index (χ4n) is 1.84. The maximum Gasteiger partial charge on any atom is 0.179 e. The Morgan fingerprint density at radius 1 is 1.05 bits per heavy atom. The van der Waals surface area contributed by atoms with E-state index in [9.17, 15) is 14.1 Å². The monoisotopic (exact) mass is 288 g/mol. The number of carbonyl (C=O) groups is 1. The Morgan fingerprint density at radius 2 is 1.65 bits per heavy atom. The largest absolute Gasteiger partial charge is 0.507 e. The molecule has 2 aromatic carbocycles. The lowest BCUT2D eigenvalue weighted by atomic mass is 10.1. The molecule has 0 aromatic heterocycles. The Labute approximate surface area is 120 Å². The molecule has 2 rings (SSSR count). The molecular weight excluding hydrogens is 272 g/mol. The van der Waals surface area contributed by atoms with E-state index in [1.165, 1.54) is 6.07 Å². The standard InChI is InChI=1S/C16H16O3S/c1-11-3-6-13(7-4-11)20(19)10-16(18)14-9-12(2)5-8-15(14)17/h3-9,17H,10H2,1-2H3/t20-/m1/s1. The van der Waals surface area contributed by atoms with E-state index in [4.69, 9.17) is 0 Å². The van der Waals surface area contributed by atoms with Crippen molar-refractivity contribution in [3.05, 3.63) is 59.2 Å². The summed E-state index contributed by atoms with van der Waals surface area (Å²) < 4.78 is 12.1. The summed E-state index contributed by atoms with van der Waals surface area (Å²) in [6, 6.07) is 12.1. The van der Waals surface area contributed by atoms with Gasteiger partial charge in [-0.2, -0.15) is 0 Å². The van der Waals surface area contributed by atoms with Crippen LogP contribution in [0.4, 0.5) is 0 Å². The van der Waals surface area contributed by atoms with E-state index in [-0.39, 0.29) is 22.8 Å². The summed E-state index contributed by atoms with van der Waals surface area (Å²) in [6.45, 7) is 3.79. The van der Waals surface area contributed by atoms with Crippen LogP contribution in [-0.2, 0) is 10.8 Å².